The zero-order chi connectivity index (χ0) is 23.3. The van der Waals surface area contributed by atoms with Crippen molar-refractivity contribution in [1.29, 1.82) is 0 Å². The Labute approximate surface area is 196 Å². The summed E-state index contributed by atoms with van der Waals surface area (Å²) in [5.74, 6) is 0.526. The van der Waals surface area contributed by atoms with Crippen LogP contribution in [0.4, 0.5) is 17.1 Å². The van der Waals surface area contributed by atoms with E-state index in [0.717, 1.165) is 56.5 Å². The molecule has 0 spiro atoms. The van der Waals surface area contributed by atoms with Crippen molar-refractivity contribution in [2.45, 2.75) is 26.2 Å². The summed E-state index contributed by atoms with van der Waals surface area (Å²) >= 11 is 0. The van der Waals surface area contributed by atoms with Crippen LogP contribution in [0.15, 0.2) is 42.5 Å². The lowest BCUT2D eigenvalue weighted by Crippen LogP contribution is -2.38. The largest absolute Gasteiger partial charge is 0.484 e. The summed E-state index contributed by atoms with van der Waals surface area (Å²) < 4.78 is 16.8. The molecule has 2 aromatic carbocycles. The summed E-state index contributed by atoms with van der Waals surface area (Å²) in [7, 11) is 0. The van der Waals surface area contributed by atoms with Crippen LogP contribution in [0, 0.1) is 0 Å². The van der Waals surface area contributed by atoms with Crippen LogP contribution in [0.2, 0.25) is 0 Å². The minimum absolute atomic E-state index is 0.0247. The highest BCUT2D eigenvalue weighted by Crippen LogP contribution is 2.32. The van der Waals surface area contributed by atoms with Gasteiger partial charge in [-0.2, -0.15) is 0 Å². The maximum absolute atomic E-state index is 12.8. The summed E-state index contributed by atoms with van der Waals surface area (Å²) in [6, 6.07) is 14.2. The van der Waals surface area contributed by atoms with E-state index in [0.29, 0.717) is 19.0 Å². The number of amides is 1. The fourth-order valence-electron chi connectivity index (χ4n) is 4.10. The maximum Gasteiger partial charge on any atom is 0.262 e. The van der Waals surface area contributed by atoms with Crippen molar-refractivity contribution in [3.63, 3.8) is 0 Å². The van der Waals surface area contributed by atoms with Crippen molar-refractivity contribution in [3.05, 3.63) is 48.0 Å². The van der Waals surface area contributed by atoms with Crippen molar-refractivity contribution in [1.82, 2.24) is 0 Å². The second-order valence-corrected chi connectivity index (χ2v) is 9.51. The lowest BCUT2D eigenvalue weighted by molar-refractivity contribution is -0.118. The Morgan fingerprint density at radius 2 is 1.61 bits per heavy atom. The molecule has 7 nitrogen and oxygen atoms in total. The Bertz CT molecular complexity index is 945. The normalized spacial score (nSPS) is 17.1. The van der Waals surface area contributed by atoms with E-state index in [9.17, 15) is 4.79 Å². The number of carbonyl (C=O) groups excluding carboxylic acids is 1. The smallest absolute Gasteiger partial charge is 0.262 e. The molecule has 2 aliphatic rings. The number of nitrogens with zero attached hydrogens (tertiary/aromatic N) is 2. The minimum Gasteiger partial charge on any atom is -0.484 e. The standard InChI is InChI=1S/C26H35N3O4/c1-26(2,3)20-5-4-6-22(17-20)33-19-25(30)27-23-8-7-21(28-9-13-31-14-10-28)18-24(23)29-11-15-32-16-12-29/h4-8,17-18H,9-16,19H2,1-3H3,(H,27,30). The van der Waals surface area contributed by atoms with Gasteiger partial charge in [-0.3, -0.25) is 4.79 Å². The average molecular weight is 454 g/mol. The summed E-state index contributed by atoms with van der Waals surface area (Å²) in [5.41, 5.74) is 4.16. The summed E-state index contributed by atoms with van der Waals surface area (Å²) in [5, 5.41) is 3.06. The van der Waals surface area contributed by atoms with Crippen LogP contribution in [0.25, 0.3) is 0 Å². The molecule has 4 rings (SSSR count). The van der Waals surface area contributed by atoms with Gasteiger partial charge in [-0.05, 0) is 41.3 Å². The van der Waals surface area contributed by atoms with Crippen molar-refractivity contribution < 1.29 is 19.0 Å². The molecule has 33 heavy (non-hydrogen) atoms. The molecule has 2 aromatic rings. The van der Waals surface area contributed by atoms with Gasteiger partial charge in [-0.15, -0.1) is 0 Å². The van der Waals surface area contributed by atoms with Crippen LogP contribution in [0.5, 0.6) is 5.75 Å². The highest BCUT2D eigenvalue weighted by Gasteiger charge is 2.20. The van der Waals surface area contributed by atoms with Gasteiger partial charge < -0.3 is 29.3 Å². The molecule has 1 amide bonds. The summed E-state index contributed by atoms with van der Waals surface area (Å²) in [6.07, 6.45) is 0. The molecule has 178 valence electrons. The van der Waals surface area contributed by atoms with Crippen LogP contribution < -0.4 is 19.9 Å². The molecule has 0 saturated carbocycles. The first-order valence-corrected chi connectivity index (χ1v) is 11.7. The Kier molecular flexibility index (Phi) is 7.40. The molecule has 2 saturated heterocycles. The van der Waals surface area contributed by atoms with E-state index >= 15 is 0 Å². The number of nitrogens with one attached hydrogen (secondary N) is 1. The van der Waals surface area contributed by atoms with E-state index in [1.165, 1.54) is 5.56 Å². The first-order chi connectivity index (χ1) is 15.9. The molecule has 0 radical (unpaired) electrons. The predicted molar refractivity (Wildman–Crippen MR) is 132 cm³/mol. The SMILES string of the molecule is CC(C)(C)c1cccc(OCC(=O)Nc2ccc(N3CCOCC3)cc2N2CCOCC2)c1. The number of morpholine rings is 2. The summed E-state index contributed by atoms with van der Waals surface area (Å²) in [6.45, 7) is 12.6. The third-order valence-electron chi connectivity index (χ3n) is 6.05. The lowest BCUT2D eigenvalue weighted by Gasteiger charge is -2.33. The van der Waals surface area contributed by atoms with E-state index < -0.39 is 0 Å². The first kappa shape index (κ1) is 23.4. The van der Waals surface area contributed by atoms with E-state index in [4.69, 9.17) is 14.2 Å². The van der Waals surface area contributed by atoms with Gasteiger partial charge >= 0.3 is 0 Å². The Balaban J connectivity index is 1.46. The van der Waals surface area contributed by atoms with Crippen LogP contribution in [-0.2, 0) is 19.7 Å². The van der Waals surface area contributed by atoms with E-state index in [2.05, 4.69) is 54.1 Å². The second-order valence-electron chi connectivity index (χ2n) is 9.51. The fraction of sp³-hybridized carbons (Fsp3) is 0.500. The Morgan fingerprint density at radius 1 is 0.939 bits per heavy atom. The van der Waals surface area contributed by atoms with Gasteiger partial charge in [0, 0.05) is 31.9 Å². The maximum atomic E-state index is 12.8. The van der Waals surface area contributed by atoms with E-state index in [1.54, 1.807) is 0 Å². The molecule has 0 aromatic heterocycles. The predicted octanol–water partition coefficient (Wildman–Crippen LogP) is 3.67. The topological polar surface area (TPSA) is 63.3 Å². The van der Waals surface area contributed by atoms with Gasteiger partial charge in [0.15, 0.2) is 6.61 Å². The highest BCUT2D eigenvalue weighted by atomic mass is 16.5. The number of rotatable bonds is 6. The van der Waals surface area contributed by atoms with Gasteiger partial charge in [-0.25, -0.2) is 0 Å². The zero-order valence-corrected chi connectivity index (χ0v) is 19.9. The van der Waals surface area contributed by atoms with E-state index in [-0.39, 0.29) is 17.9 Å². The Morgan fingerprint density at radius 3 is 2.27 bits per heavy atom. The average Bonchev–Trinajstić information content (AvgIpc) is 2.84. The number of benzene rings is 2. The monoisotopic (exact) mass is 453 g/mol. The quantitative estimate of drug-likeness (QED) is 0.720. The van der Waals surface area contributed by atoms with Crippen molar-refractivity contribution >= 4 is 23.0 Å². The molecule has 0 bridgehead atoms. The number of ether oxygens (including phenoxy) is 3. The molecular formula is C26H35N3O4. The molecule has 0 unspecified atom stereocenters. The molecule has 0 aliphatic carbocycles. The van der Waals surface area contributed by atoms with Crippen LogP contribution in [0.3, 0.4) is 0 Å². The number of hydrogen-bond donors (Lipinski definition) is 1. The van der Waals surface area contributed by atoms with E-state index in [1.807, 2.05) is 24.3 Å². The molecule has 2 heterocycles. The van der Waals surface area contributed by atoms with Gasteiger partial charge in [0.2, 0.25) is 0 Å². The molecule has 2 aliphatic heterocycles. The fourth-order valence-corrected chi connectivity index (χ4v) is 4.10. The van der Waals surface area contributed by atoms with Crippen LogP contribution in [0.1, 0.15) is 26.3 Å². The lowest BCUT2D eigenvalue weighted by atomic mass is 9.87. The van der Waals surface area contributed by atoms with Gasteiger partial charge in [-0.1, -0.05) is 32.9 Å². The van der Waals surface area contributed by atoms with Gasteiger partial charge in [0.1, 0.15) is 5.75 Å². The van der Waals surface area contributed by atoms with Gasteiger partial charge in [0.05, 0.1) is 37.8 Å². The molecule has 1 N–H and O–H groups in total. The summed E-state index contributed by atoms with van der Waals surface area (Å²) in [4.78, 5) is 17.4. The number of anilines is 3. The van der Waals surface area contributed by atoms with Gasteiger partial charge in [0.25, 0.3) is 5.91 Å². The van der Waals surface area contributed by atoms with Crippen molar-refractivity contribution in [2.75, 3.05) is 74.3 Å². The van der Waals surface area contributed by atoms with Crippen LogP contribution >= 0.6 is 0 Å². The highest BCUT2D eigenvalue weighted by molar-refractivity contribution is 5.96. The second kappa shape index (κ2) is 10.4. The van der Waals surface area contributed by atoms with Crippen molar-refractivity contribution in [2.24, 2.45) is 0 Å². The third kappa shape index (κ3) is 6.18. The zero-order valence-electron chi connectivity index (χ0n) is 19.9. The van der Waals surface area contributed by atoms with Crippen LogP contribution in [-0.4, -0.2) is 65.1 Å². The molecular weight excluding hydrogens is 418 g/mol. The number of hydrogen-bond acceptors (Lipinski definition) is 6. The first-order valence-electron chi connectivity index (χ1n) is 11.7. The molecule has 0 atom stereocenters. The minimum atomic E-state index is -0.176. The molecule has 7 heteroatoms. The molecule has 2 fully saturated rings. The number of carbonyl (C=O) groups is 1. The Hall–Kier alpha value is -2.77. The third-order valence-corrected chi connectivity index (χ3v) is 6.05. The van der Waals surface area contributed by atoms with Crippen molar-refractivity contribution in [3.8, 4) is 5.75 Å².